The lowest BCUT2D eigenvalue weighted by Crippen LogP contribution is -2.33. The summed E-state index contributed by atoms with van der Waals surface area (Å²) in [7, 11) is 0. The number of carbonyl (C=O) groups is 1. The molecule has 29 heavy (non-hydrogen) atoms. The molecule has 1 unspecified atom stereocenters. The van der Waals surface area contributed by atoms with Gasteiger partial charge in [0.25, 0.3) is 11.5 Å². The number of anilines is 1. The minimum absolute atomic E-state index is 0.0888. The van der Waals surface area contributed by atoms with E-state index < -0.39 is 17.5 Å². The Kier molecular flexibility index (Phi) is 6.29. The number of hydrogen-bond acceptors (Lipinski definition) is 4. The highest BCUT2D eigenvalue weighted by atomic mass is 35.5. The van der Waals surface area contributed by atoms with E-state index in [0.717, 1.165) is 10.2 Å². The highest BCUT2D eigenvalue weighted by Crippen LogP contribution is 2.23. The van der Waals surface area contributed by atoms with E-state index in [2.05, 4.69) is 10.4 Å². The third-order valence-electron chi connectivity index (χ3n) is 4.16. The SMILES string of the molecule is CCC(Oc1ccc(=O)n(-c2ccc(F)cc2)n1)C(=O)Nc1ccc(C)cc1Cl. The van der Waals surface area contributed by atoms with Gasteiger partial charge in [0.05, 0.1) is 16.4 Å². The summed E-state index contributed by atoms with van der Waals surface area (Å²) in [4.78, 5) is 24.7. The Balaban J connectivity index is 1.79. The fourth-order valence-electron chi connectivity index (χ4n) is 2.63. The highest BCUT2D eigenvalue weighted by Gasteiger charge is 2.20. The molecule has 8 heteroatoms. The third kappa shape index (κ3) is 5.00. The third-order valence-corrected chi connectivity index (χ3v) is 4.47. The number of aromatic nitrogens is 2. The summed E-state index contributed by atoms with van der Waals surface area (Å²) in [6.45, 7) is 3.69. The van der Waals surface area contributed by atoms with Crippen molar-refractivity contribution in [1.29, 1.82) is 0 Å². The van der Waals surface area contributed by atoms with Crippen molar-refractivity contribution in [2.24, 2.45) is 0 Å². The summed E-state index contributed by atoms with van der Waals surface area (Å²) in [5, 5.41) is 7.30. The van der Waals surface area contributed by atoms with Gasteiger partial charge in [-0.1, -0.05) is 24.6 Å². The van der Waals surface area contributed by atoms with E-state index in [1.54, 1.807) is 19.1 Å². The molecule has 0 fully saturated rings. The van der Waals surface area contributed by atoms with Gasteiger partial charge in [0.2, 0.25) is 5.88 Å². The van der Waals surface area contributed by atoms with E-state index in [-0.39, 0.29) is 11.8 Å². The second-order valence-corrected chi connectivity index (χ2v) is 6.79. The van der Waals surface area contributed by atoms with Crippen molar-refractivity contribution in [3.8, 4) is 11.6 Å². The topological polar surface area (TPSA) is 73.2 Å². The summed E-state index contributed by atoms with van der Waals surface area (Å²) in [6, 6.07) is 13.3. The largest absolute Gasteiger partial charge is 0.463 e. The normalized spacial score (nSPS) is 11.7. The summed E-state index contributed by atoms with van der Waals surface area (Å²) in [6.07, 6.45) is -0.480. The first kappa shape index (κ1) is 20.5. The van der Waals surface area contributed by atoms with Gasteiger partial charge in [-0.15, -0.1) is 5.10 Å². The molecule has 3 rings (SSSR count). The average Bonchev–Trinajstić information content (AvgIpc) is 2.70. The molecule has 150 valence electrons. The van der Waals surface area contributed by atoms with Crippen LogP contribution in [0.25, 0.3) is 5.69 Å². The van der Waals surface area contributed by atoms with Gasteiger partial charge < -0.3 is 10.1 Å². The number of rotatable bonds is 6. The molecular weight excluding hydrogens is 397 g/mol. The molecule has 3 aromatic rings. The zero-order valence-corrected chi connectivity index (χ0v) is 16.6. The summed E-state index contributed by atoms with van der Waals surface area (Å²) >= 11 is 6.17. The lowest BCUT2D eigenvalue weighted by molar-refractivity contribution is -0.123. The monoisotopic (exact) mass is 415 g/mol. The van der Waals surface area contributed by atoms with Gasteiger partial charge in [0, 0.05) is 12.1 Å². The van der Waals surface area contributed by atoms with Crippen molar-refractivity contribution < 1.29 is 13.9 Å². The van der Waals surface area contributed by atoms with Crippen molar-refractivity contribution in [3.05, 3.63) is 81.4 Å². The standard InChI is InChI=1S/C21H19ClFN3O3/c1-3-18(21(28)24-17-9-4-13(2)12-16(17)22)29-19-10-11-20(27)26(25-19)15-7-5-14(23)6-8-15/h4-12,18H,3H2,1-2H3,(H,24,28). The van der Waals surface area contributed by atoms with Crippen LogP contribution in [0.5, 0.6) is 5.88 Å². The van der Waals surface area contributed by atoms with Crippen molar-refractivity contribution >= 4 is 23.2 Å². The van der Waals surface area contributed by atoms with Crippen LogP contribution in [0.2, 0.25) is 5.02 Å². The average molecular weight is 416 g/mol. The summed E-state index contributed by atoms with van der Waals surface area (Å²) in [5.41, 5.74) is 1.43. The molecule has 0 aliphatic heterocycles. The Hall–Kier alpha value is -3.19. The minimum atomic E-state index is -0.848. The second-order valence-electron chi connectivity index (χ2n) is 6.39. The van der Waals surface area contributed by atoms with Crippen LogP contribution in [-0.4, -0.2) is 21.8 Å². The van der Waals surface area contributed by atoms with E-state index in [1.807, 2.05) is 13.0 Å². The van der Waals surface area contributed by atoms with Gasteiger partial charge in [-0.3, -0.25) is 9.59 Å². The van der Waals surface area contributed by atoms with Crippen LogP contribution in [0.4, 0.5) is 10.1 Å². The molecular formula is C21H19ClFN3O3. The fourth-order valence-corrected chi connectivity index (χ4v) is 2.91. The number of carbonyl (C=O) groups excluding carboxylic acids is 1. The Labute approximate surface area is 171 Å². The number of halogens is 2. The molecule has 0 radical (unpaired) electrons. The van der Waals surface area contributed by atoms with Crippen LogP contribution >= 0.6 is 11.6 Å². The maximum atomic E-state index is 13.1. The molecule has 1 aromatic heterocycles. The molecule has 1 heterocycles. The van der Waals surface area contributed by atoms with E-state index in [4.69, 9.17) is 16.3 Å². The van der Waals surface area contributed by atoms with Crippen LogP contribution in [0.15, 0.2) is 59.4 Å². The van der Waals surface area contributed by atoms with Gasteiger partial charge in [-0.25, -0.2) is 4.39 Å². The van der Waals surface area contributed by atoms with E-state index in [1.165, 1.54) is 36.4 Å². The smallest absolute Gasteiger partial charge is 0.271 e. The van der Waals surface area contributed by atoms with Crippen molar-refractivity contribution in [2.75, 3.05) is 5.32 Å². The van der Waals surface area contributed by atoms with E-state index in [0.29, 0.717) is 22.8 Å². The number of hydrogen-bond donors (Lipinski definition) is 1. The van der Waals surface area contributed by atoms with Crippen LogP contribution in [0.1, 0.15) is 18.9 Å². The van der Waals surface area contributed by atoms with Crippen LogP contribution < -0.4 is 15.6 Å². The Morgan fingerprint density at radius 2 is 1.93 bits per heavy atom. The molecule has 1 atom stereocenters. The first-order valence-corrected chi connectivity index (χ1v) is 9.35. The first-order valence-electron chi connectivity index (χ1n) is 8.97. The number of aryl methyl sites for hydroxylation is 1. The molecule has 1 N–H and O–H groups in total. The predicted molar refractivity (Wildman–Crippen MR) is 109 cm³/mol. The summed E-state index contributed by atoms with van der Waals surface area (Å²) in [5.74, 6) is -0.725. The summed E-state index contributed by atoms with van der Waals surface area (Å²) < 4.78 is 19.9. The lowest BCUT2D eigenvalue weighted by atomic mass is 10.2. The van der Waals surface area contributed by atoms with Crippen molar-refractivity contribution in [3.63, 3.8) is 0 Å². The maximum Gasteiger partial charge on any atom is 0.271 e. The number of benzene rings is 2. The molecule has 0 spiro atoms. The lowest BCUT2D eigenvalue weighted by Gasteiger charge is -2.17. The zero-order valence-electron chi connectivity index (χ0n) is 15.9. The van der Waals surface area contributed by atoms with Crippen LogP contribution in [0.3, 0.4) is 0 Å². The molecule has 0 saturated heterocycles. The molecule has 0 aliphatic rings. The fraction of sp³-hybridized carbons (Fsp3) is 0.190. The van der Waals surface area contributed by atoms with Gasteiger partial charge in [-0.2, -0.15) is 4.68 Å². The maximum absolute atomic E-state index is 13.1. The molecule has 1 amide bonds. The Bertz CT molecular complexity index is 1080. The van der Waals surface area contributed by atoms with E-state index >= 15 is 0 Å². The van der Waals surface area contributed by atoms with Gasteiger partial charge in [0.15, 0.2) is 6.10 Å². The number of nitrogens with zero attached hydrogens (tertiary/aromatic N) is 2. The Morgan fingerprint density at radius 3 is 2.59 bits per heavy atom. The quantitative estimate of drug-likeness (QED) is 0.657. The molecule has 0 bridgehead atoms. The first-order chi connectivity index (χ1) is 13.9. The number of ether oxygens (including phenoxy) is 1. The second kappa shape index (κ2) is 8.87. The Morgan fingerprint density at radius 1 is 1.21 bits per heavy atom. The van der Waals surface area contributed by atoms with Crippen LogP contribution in [-0.2, 0) is 4.79 Å². The van der Waals surface area contributed by atoms with Gasteiger partial charge in [0.1, 0.15) is 5.82 Å². The predicted octanol–water partition coefficient (Wildman–Crippen LogP) is 4.13. The van der Waals surface area contributed by atoms with Crippen LogP contribution in [0, 0.1) is 12.7 Å². The van der Waals surface area contributed by atoms with E-state index in [9.17, 15) is 14.0 Å². The van der Waals surface area contributed by atoms with Gasteiger partial charge >= 0.3 is 0 Å². The van der Waals surface area contributed by atoms with Crippen molar-refractivity contribution in [1.82, 2.24) is 9.78 Å². The van der Waals surface area contributed by atoms with Gasteiger partial charge in [-0.05, 0) is 55.3 Å². The molecule has 6 nitrogen and oxygen atoms in total. The van der Waals surface area contributed by atoms with Crippen molar-refractivity contribution in [2.45, 2.75) is 26.4 Å². The molecule has 2 aromatic carbocycles. The number of amides is 1. The number of nitrogens with one attached hydrogen (secondary N) is 1. The minimum Gasteiger partial charge on any atom is -0.463 e. The zero-order chi connectivity index (χ0) is 21.0. The molecule has 0 saturated carbocycles. The highest BCUT2D eigenvalue weighted by molar-refractivity contribution is 6.33. The molecule has 0 aliphatic carbocycles.